The Bertz CT molecular complexity index is 605. The first-order valence-electron chi connectivity index (χ1n) is 9.92. The maximum atomic E-state index is 5.84. The van der Waals surface area contributed by atoms with Crippen LogP contribution in [0.3, 0.4) is 0 Å². The average molecular weight is 503 g/mol. The van der Waals surface area contributed by atoms with E-state index in [2.05, 4.69) is 34.0 Å². The van der Waals surface area contributed by atoms with Gasteiger partial charge in [-0.15, -0.1) is 24.0 Å². The van der Waals surface area contributed by atoms with E-state index in [1.807, 2.05) is 24.3 Å². The summed E-state index contributed by atoms with van der Waals surface area (Å²) in [6, 6.07) is 8.23. The highest BCUT2D eigenvalue weighted by molar-refractivity contribution is 14.0. The zero-order valence-electron chi connectivity index (χ0n) is 17.3. The standard InChI is InChI=1S/C20H33N5O2.HI/c1-4-21-20(22-15-17-16-24-9-11-25(17)12-10-24)23(2)13-14-27-19-7-5-18(26-3)6-8-19;/h5-8,17H,4,9-16H2,1-3H3,(H,21,22);1H. The molecule has 28 heavy (non-hydrogen) atoms. The van der Waals surface area contributed by atoms with E-state index >= 15 is 0 Å². The molecule has 0 aromatic heterocycles. The second-order valence-electron chi connectivity index (χ2n) is 7.13. The fourth-order valence-electron chi connectivity index (χ4n) is 3.64. The fraction of sp³-hybridized carbons (Fsp3) is 0.650. The van der Waals surface area contributed by atoms with Gasteiger partial charge >= 0.3 is 0 Å². The van der Waals surface area contributed by atoms with Crippen LogP contribution in [0.15, 0.2) is 29.3 Å². The van der Waals surface area contributed by atoms with Gasteiger partial charge in [0, 0.05) is 52.4 Å². The number of guanidine groups is 1. The molecule has 3 fully saturated rings. The van der Waals surface area contributed by atoms with E-state index in [9.17, 15) is 0 Å². The normalized spacial score (nSPS) is 23.7. The molecule has 3 saturated heterocycles. The molecule has 3 aliphatic heterocycles. The van der Waals surface area contributed by atoms with E-state index in [0.29, 0.717) is 12.6 Å². The van der Waals surface area contributed by atoms with Crippen LogP contribution in [0, 0.1) is 0 Å². The van der Waals surface area contributed by atoms with Gasteiger partial charge in [0.05, 0.1) is 20.2 Å². The van der Waals surface area contributed by atoms with Crippen LogP contribution in [0.25, 0.3) is 0 Å². The second-order valence-corrected chi connectivity index (χ2v) is 7.13. The molecule has 1 unspecified atom stereocenters. The molecule has 158 valence electrons. The monoisotopic (exact) mass is 503 g/mol. The predicted molar refractivity (Wildman–Crippen MR) is 124 cm³/mol. The Hall–Kier alpha value is -1.26. The van der Waals surface area contributed by atoms with Crippen molar-refractivity contribution in [3.63, 3.8) is 0 Å². The Labute approximate surface area is 186 Å². The van der Waals surface area contributed by atoms with Gasteiger partial charge in [0.15, 0.2) is 5.96 Å². The summed E-state index contributed by atoms with van der Waals surface area (Å²) in [7, 11) is 3.73. The lowest BCUT2D eigenvalue weighted by molar-refractivity contribution is 0.0173. The van der Waals surface area contributed by atoms with E-state index < -0.39 is 0 Å². The Morgan fingerprint density at radius 3 is 2.43 bits per heavy atom. The highest BCUT2D eigenvalue weighted by Crippen LogP contribution is 2.17. The van der Waals surface area contributed by atoms with Gasteiger partial charge in [-0.1, -0.05) is 0 Å². The zero-order chi connectivity index (χ0) is 19.1. The molecule has 0 saturated carbocycles. The Balaban J connectivity index is 0.00000280. The quantitative estimate of drug-likeness (QED) is 0.331. The number of hydrogen-bond acceptors (Lipinski definition) is 5. The van der Waals surface area contributed by atoms with Crippen LogP contribution in [-0.2, 0) is 0 Å². The summed E-state index contributed by atoms with van der Waals surface area (Å²) in [6.07, 6.45) is 0. The average Bonchev–Trinajstić information content (AvgIpc) is 2.72. The number of halogens is 1. The third-order valence-electron chi connectivity index (χ3n) is 5.30. The molecule has 1 atom stereocenters. The third kappa shape index (κ3) is 6.38. The highest BCUT2D eigenvalue weighted by Gasteiger charge is 2.31. The molecule has 0 radical (unpaired) electrons. The number of nitrogens with one attached hydrogen (secondary N) is 1. The molecule has 1 aromatic carbocycles. The third-order valence-corrected chi connectivity index (χ3v) is 5.30. The number of likely N-dealkylation sites (N-methyl/N-ethyl adjacent to an activating group) is 1. The smallest absolute Gasteiger partial charge is 0.193 e. The number of aliphatic imine (C=N–C) groups is 1. The van der Waals surface area contributed by atoms with Gasteiger partial charge in [-0.2, -0.15) is 0 Å². The largest absolute Gasteiger partial charge is 0.497 e. The molecule has 7 nitrogen and oxygen atoms in total. The maximum absolute atomic E-state index is 5.84. The van der Waals surface area contributed by atoms with E-state index in [4.69, 9.17) is 14.5 Å². The molecule has 1 N–H and O–H groups in total. The van der Waals surface area contributed by atoms with Crippen LogP contribution in [0.1, 0.15) is 6.92 Å². The Morgan fingerprint density at radius 2 is 1.86 bits per heavy atom. The van der Waals surface area contributed by atoms with Gasteiger partial charge in [0.2, 0.25) is 0 Å². The summed E-state index contributed by atoms with van der Waals surface area (Å²) in [5.41, 5.74) is 0. The van der Waals surface area contributed by atoms with Gasteiger partial charge < -0.3 is 19.7 Å². The molecule has 4 rings (SSSR count). The highest BCUT2D eigenvalue weighted by atomic mass is 127. The number of fused-ring (bicyclic) bond motifs is 3. The lowest BCUT2D eigenvalue weighted by atomic mass is 10.1. The number of ether oxygens (including phenoxy) is 2. The number of methoxy groups -OCH3 is 1. The number of nitrogens with zero attached hydrogens (tertiary/aromatic N) is 4. The minimum atomic E-state index is 0. The van der Waals surface area contributed by atoms with Gasteiger partial charge in [-0.25, -0.2) is 0 Å². The first-order chi connectivity index (χ1) is 13.2. The zero-order valence-corrected chi connectivity index (χ0v) is 19.6. The topological polar surface area (TPSA) is 52.6 Å². The molecular weight excluding hydrogens is 469 g/mol. The molecule has 2 bridgehead atoms. The van der Waals surface area contributed by atoms with Crippen molar-refractivity contribution in [2.24, 2.45) is 4.99 Å². The van der Waals surface area contributed by atoms with Crippen molar-refractivity contribution >= 4 is 29.9 Å². The molecule has 3 heterocycles. The second kappa shape index (κ2) is 11.7. The predicted octanol–water partition coefficient (Wildman–Crippen LogP) is 1.59. The molecule has 0 amide bonds. The fourth-order valence-corrected chi connectivity index (χ4v) is 3.64. The first kappa shape index (κ1) is 23.0. The lowest BCUT2D eigenvalue weighted by Crippen LogP contribution is -2.62. The van der Waals surface area contributed by atoms with Crippen LogP contribution in [-0.4, -0.2) is 99.8 Å². The summed E-state index contributed by atoms with van der Waals surface area (Å²) >= 11 is 0. The van der Waals surface area contributed by atoms with Crippen molar-refractivity contribution in [2.75, 3.05) is 73.1 Å². The van der Waals surface area contributed by atoms with Crippen molar-refractivity contribution in [1.29, 1.82) is 0 Å². The number of piperazine rings is 3. The van der Waals surface area contributed by atoms with Gasteiger partial charge in [-0.3, -0.25) is 14.8 Å². The molecule has 8 heteroatoms. The number of hydrogen-bond donors (Lipinski definition) is 1. The van der Waals surface area contributed by atoms with Crippen molar-refractivity contribution in [1.82, 2.24) is 20.0 Å². The van der Waals surface area contributed by atoms with Crippen molar-refractivity contribution in [2.45, 2.75) is 13.0 Å². The number of benzene rings is 1. The van der Waals surface area contributed by atoms with E-state index in [1.54, 1.807) is 7.11 Å². The summed E-state index contributed by atoms with van der Waals surface area (Å²) in [4.78, 5) is 12.2. The molecule has 0 spiro atoms. The minimum Gasteiger partial charge on any atom is -0.497 e. The first-order valence-corrected chi connectivity index (χ1v) is 9.92. The van der Waals surface area contributed by atoms with E-state index in [0.717, 1.165) is 43.6 Å². The van der Waals surface area contributed by atoms with Crippen molar-refractivity contribution in [3.8, 4) is 11.5 Å². The van der Waals surface area contributed by atoms with Crippen LogP contribution in [0.2, 0.25) is 0 Å². The van der Waals surface area contributed by atoms with E-state index in [1.165, 1.54) is 26.2 Å². The summed E-state index contributed by atoms with van der Waals surface area (Å²) in [6.45, 7) is 11.1. The van der Waals surface area contributed by atoms with Crippen LogP contribution < -0.4 is 14.8 Å². The summed E-state index contributed by atoms with van der Waals surface area (Å²) < 4.78 is 11.0. The Kier molecular flexibility index (Phi) is 9.60. The Morgan fingerprint density at radius 1 is 1.18 bits per heavy atom. The van der Waals surface area contributed by atoms with Crippen LogP contribution >= 0.6 is 24.0 Å². The molecular formula is C20H34IN5O2. The minimum absolute atomic E-state index is 0. The van der Waals surface area contributed by atoms with Crippen LogP contribution in [0.4, 0.5) is 0 Å². The number of rotatable bonds is 8. The van der Waals surface area contributed by atoms with Gasteiger partial charge in [0.1, 0.15) is 18.1 Å². The molecule has 1 aromatic rings. The maximum Gasteiger partial charge on any atom is 0.193 e. The molecule has 0 aliphatic carbocycles. The van der Waals surface area contributed by atoms with Gasteiger partial charge in [0.25, 0.3) is 0 Å². The van der Waals surface area contributed by atoms with Crippen molar-refractivity contribution in [3.05, 3.63) is 24.3 Å². The van der Waals surface area contributed by atoms with Crippen molar-refractivity contribution < 1.29 is 9.47 Å². The SMILES string of the molecule is CCNC(=NCC1CN2CCN1CC2)N(C)CCOc1ccc(OC)cc1.I. The summed E-state index contributed by atoms with van der Waals surface area (Å²) in [5.74, 6) is 2.64. The van der Waals surface area contributed by atoms with E-state index in [-0.39, 0.29) is 24.0 Å². The van der Waals surface area contributed by atoms with Gasteiger partial charge in [-0.05, 0) is 31.2 Å². The molecule has 3 aliphatic rings. The lowest BCUT2D eigenvalue weighted by Gasteiger charge is -2.47. The summed E-state index contributed by atoms with van der Waals surface area (Å²) in [5, 5.41) is 3.40. The van der Waals surface area contributed by atoms with Crippen LogP contribution in [0.5, 0.6) is 11.5 Å².